The first-order valence-electron chi connectivity index (χ1n) is 7.03. The van der Waals surface area contributed by atoms with E-state index in [9.17, 15) is 10.0 Å². The van der Waals surface area contributed by atoms with Crippen LogP contribution in [0.2, 0.25) is 0 Å². The van der Waals surface area contributed by atoms with E-state index >= 15 is 0 Å². The van der Waals surface area contributed by atoms with E-state index in [1.54, 1.807) is 0 Å². The van der Waals surface area contributed by atoms with Crippen LogP contribution < -0.4 is 0 Å². The molecule has 0 bridgehead atoms. The lowest BCUT2D eigenvalue weighted by Crippen LogP contribution is -2.43. The summed E-state index contributed by atoms with van der Waals surface area (Å²) in [6.07, 6.45) is 2.77. The predicted octanol–water partition coefficient (Wildman–Crippen LogP) is 1.68. The summed E-state index contributed by atoms with van der Waals surface area (Å²) in [5.74, 6) is -0.294. The molecule has 0 spiro atoms. The summed E-state index contributed by atoms with van der Waals surface area (Å²) in [6, 6.07) is 8.11. The molecule has 0 saturated heterocycles. The molecule has 0 aromatic heterocycles. The first-order valence-corrected chi connectivity index (χ1v) is 7.03. The van der Waals surface area contributed by atoms with Crippen molar-refractivity contribution in [1.82, 2.24) is 4.90 Å². The third-order valence-corrected chi connectivity index (χ3v) is 3.53. The standard InChI is InChI=1S/C15H20N2O4/c1-12(18)21-15-10-13-6-2-3-7-14(13)11-16(15)8-4-5-9-17(19)20/h2-3,6-7,9,15H,4-5,8,10-11H2,1H3,(H,19,20). The zero-order chi connectivity index (χ0) is 15.2. The minimum Gasteiger partial charge on any atom is -0.446 e. The zero-order valence-corrected chi connectivity index (χ0v) is 12.1. The lowest BCUT2D eigenvalue weighted by molar-refractivity contribution is -0.723. The molecule has 0 amide bonds. The number of fused-ring (bicyclic) bond motifs is 1. The molecule has 1 aliphatic heterocycles. The molecular formula is C15H20N2O4. The number of carbonyl (C=O) groups excluding carboxylic acids is 1. The molecule has 21 heavy (non-hydrogen) atoms. The molecule has 2 rings (SSSR count). The lowest BCUT2D eigenvalue weighted by atomic mass is 9.98. The molecule has 1 aromatic carbocycles. The van der Waals surface area contributed by atoms with Crippen LogP contribution in [0.25, 0.3) is 0 Å². The maximum atomic E-state index is 11.3. The Balaban J connectivity index is 2.02. The molecule has 1 atom stereocenters. The molecule has 0 radical (unpaired) electrons. The van der Waals surface area contributed by atoms with Gasteiger partial charge in [-0.3, -0.25) is 14.9 Å². The van der Waals surface area contributed by atoms with Crippen LogP contribution in [0.5, 0.6) is 0 Å². The second kappa shape index (κ2) is 7.08. The van der Waals surface area contributed by atoms with Gasteiger partial charge in [-0.05, 0) is 17.5 Å². The Labute approximate surface area is 123 Å². The largest absolute Gasteiger partial charge is 0.446 e. The van der Waals surface area contributed by atoms with Crippen molar-refractivity contribution < 1.29 is 19.6 Å². The van der Waals surface area contributed by atoms with E-state index in [4.69, 9.17) is 9.94 Å². The van der Waals surface area contributed by atoms with E-state index < -0.39 is 0 Å². The SMILES string of the molecule is CC(=O)OC1Cc2ccccc2CN1CCC/C=[N+](\[O-])O. The number of hydrogen-bond acceptors (Lipinski definition) is 5. The van der Waals surface area contributed by atoms with E-state index in [2.05, 4.69) is 17.0 Å². The fourth-order valence-corrected chi connectivity index (χ4v) is 2.58. The highest BCUT2D eigenvalue weighted by molar-refractivity contribution is 5.66. The van der Waals surface area contributed by atoms with Crippen molar-refractivity contribution in [3.05, 3.63) is 40.6 Å². The molecule has 6 nitrogen and oxygen atoms in total. The molecule has 114 valence electrons. The predicted molar refractivity (Wildman–Crippen MR) is 76.8 cm³/mol. The molecule has 1 aliphatic rings. The first-order chi connectivity index (χ1) is 10.1. The Morgan fingerprint density at radius 3 is 2.90 bits per heavy atom. The summed E-state index contributed by atoms with van der Waals surface area (Å²) in [5, 5.41) is 18.9. The second-order valence-corrected chi connectivity index (χ2v) is 5.13. The van der Waals surface area contributed by atoms with E-state index in [0.717, 1.165) is 0 Å². The Hall–Kier alpha value is -2.08. The zero-order valence-electron chi connectivity index (χ0n) is 12.1. The minimum absolute atomic E-state index is 0.172. The molecule has 6 heteroatoms. The summed E-state index contributed by atoms with van der Waals surface area (Å²) in [7, 11) is 0. The highest BCUT2D eigenvalue weighted by Gasteiger charge is 2.27. The van der Waals surface area contributed by atoms with Crippen LogP contribution in [0.4, 0.5) is 0 Å². The van der Waals surface area contributed by atoms with E-state index in [-0.39, 0.29) is 17.1 Å². The van der Waals surface area contributed by atoms with Crippen molar-refractivity contribution in [3.8, 4) is 0 Å². The van der Waals surface area contributed by atoms with Crippen LogP contribution in [0, 0.1) is 5.21 Å². The fourth-order valence-electron chi connectivity index (χ4n) is 2.58. The van der Waals surface area contributed by atoms with E-state index in [1.165, 1.54) is 24.3 Å². The van der Waals surface area contributed by atoms with Crippen molar-refractivity contribution >= 4 is 12.2 Å². The van der Waals surface area contributed by atoms with Crippen molar-refractivity contribution in [2.45, 2.75) is 39.0 Å². The Kier molecular flexibility index (Phi) is 5.16. The highest BCUT2D eigenvalue weighted by Crippen LogP contribution is 2.24. The Morgan fingerprint density at radius 2 is 2.24 bits per heavy atom. The number of carbonyl (C=O) groups is 1. The third kappa shape index (κ3) is 4.46. The average molecular weight is 292 g/mol. The van der Waals surface area contributed by atoms with Crippen molar-refractivity contribution in [2.24, 2.45) is 0 Å². The van der Waals surface area contributed by atoms with Crippen LogP contribution in [0.3, 0.4) is 0 Å². The molecular weight excluding hydrogens is 272 g/mol. The summed E-state index contributed by atoms with van der Waals surface area (Å²) < 4.78 is 5.39. The van der Waals surface area contributed by atoms with Gasteiger partial charge >= 0.3 is 5.97 Å². The van der Waals surface area contributed by atoms with Gasteiger partial charge in [-0.1, -0.05) is 24.3 Å². The van der Waals surface area contributed by atoms with Gasteiger partial charge in [0.25, 0.3) is 0 Å². The average Bonchev–Trinajstić information content (AvgIpc) is 2.43. The first kappa shape index (κ1) is 15.3. The van der Waals surface area contributed by atoms with E-state index in [0.29, 0.717) is 32.4 Å². The van der Waals surface area contributed by atoms with Gasteiger partial charge in [0.1, 0.15) is 0 Å². The van der Waals surface area contributed by atoms with Crippen LogP contribution >= 0.6 is 0 Å². The molecule has 0 saturated carbocycles. The van der Waals surface area contributed by atoms with Gasteiger partial charge < -0.3 is 9.94 Å². The third-order valence-electron chi connectivity index (χ3n) is 3.53. The van der Waals surface area contributed by atoms with Crippen LogP contribution in [-0.4, -0.2) is 40.0 Å². The molecule has 1 unspecified atom stereocenters. The molecule has 1 heterocycles. The van der Waals surface area contributed by atoms with Crippen LogP contribution in [0.1, 0.15) is 30.9 Å². The Bertz CT molecular complexity index is 526. The number of benzene rings is 1. The van der Waals surface area contributed by atoms with E-state index in [1.807, 2.05) is 12.1 Å². The second-order valence-electron chi connectivity index (χ2n) is 5.13. The summed E-state index contributed by atoms with van der Waals surface area (Å²) in [4.78, 5) is 13.2. The molecule has 1 aromatic rings. The number of unbranched alkanes of at least 4 members (excludes halogenated alkanes) is 1. The molecule has 1 N–H and O–H groups in total. The fraction of sp³-hybridized carbons (Fsp3) is 0.467. The number of nitrogens with zero attached hydrogens (tertiary/aromatic N) is 2. The van der Waals surface area contributed by atoms with Crippen molar-refractivity contribution in [2.75, 3.05) is 6.54 Å². The molecule has 0 aliphatic carbocycles. The van der Waals surface area contributed by atoms with Crippen LogP contribution in [-0.2, 0) is 22.5 Å². The molecule has 0 fully saturated rings. The Morgan fingerprint density at radius 1 is 1.52 bits per heavy atom. The number of esters is 1. The van der Waals surface area contributed by atoms with Gasteiger partial charge in [-0.25, -0.2) is 0 Å². The normalized spacial score (nSPS) is 19.1. The van der Waals surface area contributed by atoms with Gasteiger partial charge in [0.2, 0.25) is 6.21 Å². The van der Waals surface area contributed by atoms with Crippen LogP contribution in [0.15, 0.2) is 24.3 Å². The monoisotopic (exact) mass is 292 g/mol. The maximum absolute atomic E-state index is 11.3. The summed E-state index contributed by atoms with van der Waals surface area (Å²) in [6.45, 7) is 2.82. The van der Waals surface area contributed by atoms with Gasteiger partial charge in [-0.2, -0.15) is 0 Å². The highest BCUT2D eigenvalue weighted by atomic mass is 16.8. The smallest absolute Gasteiger partial charge is 0.304 e. The lowest BCUT2D eigenvalue weighted by Gasteiger charge is -2.35. The quantitative estimate of drug-likeness (QED) is 0.223. The van der Waals surface area contributed by atoms with Crippen molar-refractivity contribution in [1.29, 1.82) is 0 Å². The summed E-state index contributed by atoms with van der Waals surface area (Å²) in [5.41, 5.74) is 2.44. The summed E-state index contributed by atoms with van der Waals surface area (Å²) >= 11 is 0. The number of ether oxygens (including phenoxy) is 1. The topological polar surface area (TPSA) is 75.8 Å². The number of hydrogen-bond donors (Lipinski definition) is 1. The van der Waals surface area contributed by atoms with Gasteiger partial charge in [0.05, 0.1) is 0 Å². The van der Waals surface area contributed by atoms with Gasteiger partial charge in [0.15, 0.2) is 6.23 Å². The minimum atomic E-state index is -0.294. The van der Waals surface area contributed by atoms with Gasteiger partial charge in [-0.15, -0.1) is 0 Å². The van der Waals surface area contributed by atoms with Gasteiger partial charge in [0, 0.05) is 37.8 Å². The maximum Gasteiger partial charge on any atom is 0.304 e. The number of rotatable bonds is 5. The van der Waals surface area contributed by atoms with Crippen molar-refractivity contribution in [3.63, 3.8) is 0 Å².